The summed E-state index contributed by atoms with van der Waals surface area (Å²) in [6.45, 7) is 0.536. The molecule has 1 aliphatic heterocycles. The molecule has 1 aromatic rings. The lowest BCUT2D eigenvalue weighted by atomic mass is 9.90. The number of benzene rings is 1. The van der Waals surface area contributed by atoms with Crippen molar-refractivity contribution < 1.29 is 33.7 Å². The van der Waals surface area contributed by atoms with Crippen molar-refractivity contribution in [3.8, 4) is 12.3 Å². The summed E-state index contributed by atoms with van der Waals surface area (Å²) in [5, 5.41) is 34.0. The number of hydrogen-bond acceptors (Lipinski definition) is 6. The molecule has 4 unspecified atom stereocenters. The molecule has 1 fully saturated rings. The van der Waals surface area contributed by atoms with E-state index in [0.717, 1.165) is 25.0 Å². The van der Waals surface area contributed by atoms with Crippen molar-refractivity contribution in [2.24, 2.45) is 0 Å². The number of alkyl halides is 2. The van der Waals surface area contributed by atoms with Crippen molar-refractivity contribution in [2.45, 2.75) is 62.4 Å². The van der Waals surface area contributed by atoms with E-state index < -0.39 is 41.9 Å². The van der Waals surface area contributed by atoms with Gasteiger partial charge in [0.25, 0.3) is 0 Å². The minimum absolute atomic E-state index is 0.0177. The molecular formula is C21H29F2N3O5. The summed E-state index contributed by atoms with van der Waals surface area (Å²) >= 11 is 0. The number of aliphatic hydroxyl groups is 2. The van der Waals surface area contributed by atoms with Crippen molar-refractivity contribution >= 4 is 11.7 Å². The predicted molar refractivity (Wildman–Crippen MR) is 110 cm³/mol. The van der Waals surface area contributed by atoms with E-state index in [1.807, 2.05) is 5.48 Å². The maximum atomic E-state index is 15.0. The second-order valence-electron chi connectivity index (χ2n) is 7.41. The highest BCUT2D eigenvalue weighted by atomic mass is 19.3. The number of carbonyl (C=O) groups excluding carboxylic acids is 1. The Kier molecular flexibility index (Phi) is 9.61. The van der Waals surface area contributed by atoms with Gasteiger partial charge < -0.3 is 30.8 Å². The summed E-state index contributed by atoms with van der Waals surface area (Å²) in [6, 6.07) is 4.43. The first-order valence-electron chi connectivity index (χ1n) is 10.1. The van der Waals surface area contributed by atoms with Crippen LogP contribution < -0.4 is 16.1 Å². The molecule has 0 spiro atoms. The Bertz CT molecular complexity index is 742. The van der Waals surface area contributed by atoms with E-state index in [4.69, 9.17) is 16.4 Å². The number of urea groups is 1. The highest BCUT2D eigenvalue weighted by Crippen LogP contribution is 2.40. The monoisotopic (exact) mass is 441 g/mol. The van der Waals surface area contributed by atoms with E-state index in [-0.39, 0.29) is 19.4 Å². The van der Waals surface area contributed by atoms with E-state index in [2.05, 4.69) is 16.6 Å². The molecule has 1 aliphatic rings. The lowest BCUT2D eigenvalue weighted by Gasteiger charge is -2.40. The molecule has 2 rings (SSSR count). The Morgan fingerprint density at radius 1 is 1.23 bits per heavy atom. The molecule has 31 heavy (non-hydrogen) atoms. The van der Waals surface area contributed by atoms with Crippen LogP contribution in [-0.4, -0.2) is 59.0 Å². The van der Waals surface area contributed by atoms with Gasteiger partial charge in [-0.05, 0) is 31.4 Å². The molecule has 2 amide bonds. The van der Waals surface area contributed by atoms with Crippen molar-refractivity contribution in [2.75, 3.05) is 18.4 Å². The number of ether oxygens (including phenoxy) is 1. The third-order valence-corrected chi connectivity index (χ3v) is 5.04. The van der Waals surface area contributed by atoms with E-state index in [9.17, 15) is 15.0 Å². The van der Waals surface area contributed by atoms with Crippen molar-refractivity contribution in [3.05, 3.63) is 29.8 Å². The van der Waals surface area contributed by atoms with E-state index >= 15 is 8.78 Å². The van der Waals surface area contributed by atoms with Crippen LogP contribution in [0, 0.1) is 12.3 Å². The summed E-state index contributed by atoms with van der Waals surface area (Å²) in [7, 11) is 0. The lowest BCUT2D eigenvalue weighted by molar-refractivity contribution is -0.250. The van der Waals surface area contributed by atoms with Gasteiger partial charge >= 0.3 is 12.0 Å². The maximum absolute atomic E-state index is 15.0. The van der Waals surface area contributed by atoms with Crippen LogP contribution in [0.3, 0.4) is 0 Å². The lowest BCUT2D eigenvalue weighted by Crippen LogP contribution is -2.55. The molecule has 0 aromatic heterocycles. The van der Waals surface area contributed by atoms with Crippen LogP contribution >= 0.6 is 0 Å². The molecule has 8 nitrogen and oxygen atoms in total. The Labute approximate surface area is 179 Å². The van der Waals surface area contributed by atoms with Crippen LogP contribution in [0.25, 0.3) is 0 Å². The van der Waals surface area contributed by atoms with Gasteiger partial charge in [-0.25, -0.2) is 10.3 Å². The topological polar surface area (TPSA) is 123 Å². The minimum Gasteiger partial charge on any atom is -0.390 e. The number of anilines is 1. The molecule has 1 aromatic carbocycles. The van der Waals surface area contributed by atoms with Gasteiger partial charge in [0.1, 0.15) is 6.10 Å². The van der Waals surface area contributed by atoms with Crippen molar-refractivity contribution in [1.82, 2.24) is 10.8 Å². The standard InChI is InChI=1S/C21H29F2N3O5/c1-2-3-4-5-11-24-20(29)26-15-8-6-14(7-9-15)21(22,23)19-18(28)17(27)13-16(31-19)10-12-25-30/h1,6-9,16-19,25,27-28,30H,3-5,10-13H2,(H2,24,26,29). The van der Waals surface area contributed by atoms with Gasteiger partial charge in [-0.2, -0.15) is 8.78 Å². The largest absolute Gasteiger partial charge is 0.390 e. The molecule has 10 heteroatoms. The number of rotatable bonds is 10. The summed E-state index contributed by atoms with van der Waals surface area (Å²) in [4.78, 5) is 11.9. The molecular weight excluding hydrogens is 412 g/mol. The maximum Gasteiger partial charge on any atom is 0.319 e. The molecule has 0 bridgehead atoms. The van der Waals surface area contributed by atoms with Gasteiger partial charge in [-0.1, -0.05) is 12.1 Å². The Morgan fingerprint density at radius 2 is 1.94 bits per heavy atom. The fourth-order valence-electron chi connectivity index (χ4n) is 3.33. The van der Waals surface area contributed by atoms with Gasteiger partial charge in [0.2, 0.25) is 0 Å². The summed E-state index contributed by atoms with van der Waals surface area (Å²) < 4.78 is 35.5. The van der Waals surface area contributed by atoms with Crippen molar-refractivity contribution in [3.63, 3.8) is 0 Å². The number of hydrogen-bond donors (Lipinski definition) is 6. The van der Waals surface area contributed by atoms with Crippen LogP contribution in [0.1, 0.15) is 37.7 Å². The van der Waals surface area contributed by atoms with Gasteiger partial charge in [0.15, 0.2) is 6.10 Å². The molecule has 1 saturated heterocycles. The molecule has 6 N–H and O–H groups in total. The number of hydroxylamine groups is 1. The van der Waals surface area contributed by atoms with Crippen LogP contribution in [0.4, 0.5) is 19.3 Å². The number of amides is 2. The van der Waals surface area contributed by atoms with Gasteiger partial charge in [0, 0.05) is 37.2 Å². The molecule has 0 radical (unpaired) electrons. The first kappa shape index (κ1) is 25.0. The van der Waals surface area contributed by atoms with Crippen LogP contribution in [0.15, 0.2) is 24.3 Å². The van der Waals surface area contributed by atoms with E-state index in [1.54, 1.807) is 0 Å². The third kappa shape index (κ3) is 7.12. The van der Waals surface area contributed by atoms with Crippen molar-refractivity contribution in [1.29, 1.82) is 0 Å². The number of nitrogens with one attached hydrogen (secondary N) is 3. The Morgan fingerprint density at radius 3 is 2.58 bits per heavy atom. The van der Waals surface area contributed by atoms with Gasteiger partial charge in [-0.3, -0.25) is 0 Å². The molecule has 172 valence electrons. The Hall–Kier alpha value is -2.29. The molecule has 1 heterocycles. The molecule has 0 saturated carbocycles. The number of terminal acetylenes is 1. The smallest absolute Gasteiger partial charge is 0.319 e. The fourth-order valence-corrected chi connectivity index (χ4v) is 3.33. The van der Waals surface area contributed by atoms with Crippen LogP contribution in [0.2, 0.25) is 0 Å². The molecule has 4 atom stereocenters. The van der Waals surface area contributed by atoms with Crippen LogP contribution in [0.5, 0.6) is 0 Å². The van der Waals surface area contributed by atoms with Gasteiger partial charge in [0.05, 0.1) is 12.2 Å². The normalized spacial score (nSPS) is 23.7. The Balaban J connectivity index is 1.98. The second kappa shape index (κ2) is 11.9. The SMILES string of the molecule is C#CCCCCNC(=O)Nc1ccc(C(F)(F)C2OC(CCNO)CC(O)C2O)cc1. The summed E-state index contributed by atoms with van der Waals surface area (Å²) in [5.74, 6) is -1.08. The first-order chi connectivity index (χ1) is 14.8. The number of halogens is 2. The van der Waals surface area contributed by atoms with Gasteiger partial charge in [-0.15, -0.1) is 12.3 Å². The fraction of sp³-hybridized carbons (Fsp3) is 0.571. The highest BCUT2D eigenvalue weighted by molar-refractivity contribution is 5.89. The molecule has 0 aliphatic carbocycles. The predicted octanol–water partition coefficient (Wildman–Crippen LogP) is 1.95. The highest BCUT2D eigenvalue weighted by Gasteiger charge is 2.52. The summed E-state index contributed by atoms with van der Waals surface area (Å²) in [5.41, 5.74) is 1.80. The van der Waals surface area contributed by atoms with E-state index in [1.165, 1.54) is 12.1 Å². The van der Waals surface area contributed by atoms with Crippen LogP contribution in [-0.2, 0) is 10.7 Å². The van der Waals surface area contributed by atoms with E-state index in [0.29, 0.717) is 18.7 Å². The number of carbonyl (C=O) groups is 1. The zero-order valence-corrected chi connectivity index (χ0v) is 17.1. The second-order valence-corrected chi connectivity index (χ2v) is 7.41. The quantitative estimate of drug-likeness (QED) is 0.187. The number of unbranched alkanes of at least 4 members (excludes halogenated alkanes) is 2. The summed E-state index contributed by atoms with van der Waals surface area (Å²) in [6.07, 6.45) is 1.63. The average molecular weight is 441 g/mol. The first-order valence-corrected chi connectivity index (χ1v) is 10.1. The average Bonchev–Trinajstić information content (AvgIpc) is 2.74. The zero-order valence-electron chi connectivity index (χ0n) is 17.1. The number of aliphatic hydroxyl groups excluding tert-OH is 2. The minimum atomic E-state index is -3.59. The zero-order chi connectivity index (χ0) is 22.9. The third-order valence-electron chi connectivity index (χ3n) is 5.04.